The molecule has 3 aromatic rings. The Morgan fingerprint density at radius 2 is 1.96 bits per heavy atom. The van der Waals surface area contributed by atoms with Crippen LogP contribution in [0.3, 0.4) is 0 Å². The molecule has 25 heavy (non-hydrogen) atoms. The number of thiazole rings is 1. The van der Waals surface area contributed by atoms with E-state index in [0.717, 1.165) is 35.7 Å². The summed E-state index contributed by atoms with van der Waals surface area (Å²) in [5.41, 5.74) is 1.02. The fourth-order valence-electron chi connectivity index (χ4n) is 3.27. The van der Waals surface area contributed by atoms with Gasteiger partial charge in [0.05, 0.1) is 29.3 Å². The topological polar surface area (TPSA) is 42.4 Å². The number of fused-ring (bicyclic) bond motifs is 1. The molecule has 5 heteroatoms. The molecular weight excluding hydrogens is 332 g/mol. The van der Waals surface area contributed by atoms with E-state index in [1.807, 2.05) is 53.4 Å². The standard InChI is InChI=1S/C20H20N2O2S/c23-19(12-14-24-15-7-2-1-3-8-15)22-13-6-10-17(22)20-21-16-9-4-5-11-18(16)25-20/h1-5,7-9,11,17H,6,10,12-14H2. The van der Waals surface area contributed by atoms with E-state index in [4.69, 9.17) is 9.72 Å². The molecule has 128 valence electrons. The Labute approximate surface area is 151 Å². The molecule has 1 atom stereocenters. The van der Waals surface area contributed by atoms with Crippen LogP contribution < -0.4 is 4.74 Å². The Bertz CT molecular complexity index is 829. The number of hydrogen-bond donors (Lipinski definition) is 0. The van der Waals surface area contributed by atoms with E-state index >= 15 is 0 Å². The van der Waals surface area contributed by atoms with Gasteiger partial charge < -0.3 is 9.64 Å². The number of hydrogen-bond acceptors (Lipinski definition) is 4. The summed E-state index contributed by atoms with van der Waals surface area (Å²) in [7, 11) is 0. The van der Waals surface area contributed by atoms with Gasteiger partial charge in [-0.3, -0.25) is 4.79 Å². The van der Waals surface area contributed by atoms with E-state index < -0.39 is 0 Å². The van der Waals surface area contributed by atoms with Crippen LogP contribution in [0, 0.1) is 0 Å². The van der Waals surface area contributed by atoms with Crippen molar-refractivity contribution in [1.29, 1.82) is 0 Å². The van der Waals surface area contributed by atoms with Crippen molar-refractivity contribution in [1.82, 2.24) is 9.88 Å². The zero-order chi connectivity index (χ0) is 17.1. The third-order valence-corrected chi connectivity index (χ3v) is 5.63. The highest BCUT2D eigenvalue weighted by Gasteiger charge is 2.31. The van der Waals surface area contributed by atoms with Crippen LogP contribution in [0.2, 0.25) is 0 Å². The molecule has 1 aliphatic rings. The van der Waals surface area contributed by atoms with Crippen molar-refractivity contribution < 1.29 is 9.53 Å². The van der Waals surface area contributed by atoms with E-state index in [9.17, 15) is 4.79 Å². The first-order valence-electron chi connectivity index (χ1n) is 8.64. The smallest absolute Gasteiger partial charge is 0.226 e. The molecule has 1 fully saturated rings. The quantitative estimate of drug-likeness (QED) is 0.682. The SMILES string of the molecule is O=C(CCOc1ccccc1)N1CCCC1c1nc2ccccc2s1. The maximum Gasteiger partial charge on any atom is 0.226 e. The van der Waals surface area contributed by atoms with Gasteiger partial charge in [0.1, 0.15) is 10.8 Å². The summed E-state index contributed by atoms with van der Waals surface area (Å²) in [4.78, 5) is 19.4. The maximum atomic E-state index is 12.7. The number of rotatable bonds is 5. The van der Waals surface area contributed by atoms with Gasteiger partial charge in [-0.1, -0.05) is 30.3 Å². The van der Waals surface area contributed by atoms with Crippen LogP contribution in [0.15, 0.2) is 54.6 Å². The molecule has 0 spiro atoms. The summed E-state index contributed by atoms with van der Waals surface area (Å²) in [6, 6.07) is 17.9. The van der Waals surface area contributed by atoms with Gasteiger partial charge in [-0.25, -0.2) is 4.98 Å². The predicted octanol–water partition coefficient (Wildman–Crippen LogP) is 4.43. The maximum absolute atomic E-state index is 12.7. The number of amides is 1. The zero-order valence-corrected chi connectivity index (χ0v) is 14.7. The minimum Gasteiger partial charge on any atom is -0.493 e. The Kier molecular flexibility index (Phi) is 4.65. The van der Waals surface area contributed by atoms with Gasteiger partial charge >= 0.3 is 0 Å². The van der Waals surface area contributed by atoms with E-state index in [0.29, 0.717) is 13.0 Å². The highest BCUT2D eigenvalue weighted by atomic mass is 32.1. The molecule has 0 radical (unpaired) electrons. The summed E-state index contributed by atoms with van der Waals surface area (Å²) in [5, 5.41) is 1.05. The molecule has 0 aliphatic carbocycles. The lowest BCUT2D eigenvalue weighted by atomic mass is 10.2. The lowest BCUT2D eigenvalue weighted by Gasteiger charge is -2.23. The largest absolute Gasteiger partial charge is 0.493 e. The summed E-state index contributed by atoms with van der Waals surface area (Å²) >= 11 is 1.70. The third-order valence-electron chi connectivity index (χ3n) is 4.50. The second-order valence-corrected chi connectivity index (χ2v) is 7.24. The third kappa shape index (κ3) is 3.51. The second kappa shape index (κ2) is 7.23. The Morgan fingerprint density at radius 1 is 1.16 bits per heavy atom. The highest BCUT2D eigenvalue weighted by Crippen LogP contribution is 2.36. The predicted molar refractivity (Wildman–Crippen MR) is 99.9 cm³/mol. The number of para-hydroxylation sites is 2. The second-order valence-electron chi connectivity index (χ2n) is 6.18. The van der Waals surface area contributed by atoms with Gasteiger partial charge in [-0.15, -0.1) is 11.3 Å². The fourth-order valence-corrected chi connectivity index (χ4v) is 4.39. The molecule has 0 saturated carbocycles. The lowest BCUT2D eigenvalue weighted by Crippen LogP contribution is -2.31. The van der Waals surface area contributed by atoms with Crippen LogP contribution in [0.4, 0.5) is 0 Å². The van der Waals surface area contributed by atoms with Crippen LogP contribution in [-0.4, -0.2) is 28.9 Å². The van der Waals surface area contributed by atoms with Crippen LogP contribution in [0.1, 0.15) is 30.3 Å². The van der Waals surface area contributed by atoms with Crippen molar-refractivity contribution in [2.24, 2.45) is 0 Å². The molecule has 2 heterocycles. The van der Waals surface area contributed by atoms with Crippen LogP contribution in [0.25, 0.3) is 10.2 Å². The van der Waals surface area contributed by atoms with Gasteiger partial charge in [0.25, 0.3) is 0 Å². The van der Waals surface area contributed by atoms with Gasteiger partial charge in [-0.2, -0.15) is 0 Å². The minimum atomic E-state index is 0.113. The number of benzene rings is 2. The zero-order valence-electron chi connectivity index (χ0n) is 13.9. The molecule has 1 amide bonds. The fraction of sp³-hybridized carbons (Fsp3) is 0.300. The van der Waals surface area contributed by atoms with Crippen molar-refractivity contribution in [3.8, 4) is 5.75 Å². The number of carbonyl (C=O) groups is 1. The number of nitrogens with zero attached hydrogens (tertiary/aromatic N) is 2. The van der Waals surface area contributed by atoms with E-state index in [1.54, 1.807) is 11.3 Å². The number of aromatic nitrogens is 1. The molecule has 1 aliphatic heterocycles. The molecule has 0 bridgehead atoms. The molecule has 1 aromatic heterocycles. The number of carbonyl (C=O) groups excluding carboxylic acids is 1. The molecule has 1 saturated heterocycles. The van der Waals surface area contributed by atoms with Crippen LogP contribution >= 0.6 is 11.3 Å². The first kappa shape index (κ1) is 16.1. The summed E-state index contributed by atoms with van der Waals surface area (Å²) < 4.78 is 6.85. The Balaban J connectivity index is 1.41. The average Bonchev–Trinajstić information content (AvgIpc) is 3.29. The normalized spacial score (nSPS) is 17.1. The Morgan fingerprint density at radius 3 is 2.80 bits per heavy atom. The van der Waals surface area contributed by atoms with Crippen molar-refractivity contribution >= 4 is 27.5 Å². The summed E-state index contributed by atoms with van der Waals surface area (Å²) in [5.74, 6) is 0.956. The van der Waals surface area contributed by atoms with E-state index in [1.165, 1.54) is 4.70 Å². The molecule has 2 aromatic carbocycles. The minimum absolute atomic E-state index is 0.113. The van der Waals surface area contributed by atoms with E-state index in [-0.39, 0.29) is 11.9 Å². The molecular formula is C20H20N2O2S. The van der Waals surface area contributed by atoms with Gasteiger partial charge in [-0.05, 0) is 37.1 Å². The van der Waals surface area contributed by atoms with Crippen molar-refractivity contribution in [2.45, 2.75) is 25.3 Å². The molecule has 1 unspecified atom stereocenters. The molecule has 0 N–H and O–H groups in total. The highest BCUT2D eigenvalue weighted by molar-refractivity contribution is 7.18. The van der Waals surface area contributed by atoms with Crippen molar-refractivity contribution in [3.63, 3.8) is 0 Å². The molecule has 4 rings (SSSR count). The van der Waals surface area contributed by atoms with Gasteiger partial charge in [0.2, 0.25) is 5.91 Å². The van der Waals surface area contributed by atoms with Gasteiger partial charge in [0.15, 0.2) is 0 Å². The van der Waals surface area contributed by atoms with Crippen molar-refractivity contribution in [2.75, 3.05) is 13.2 Å². The monoisotopic (exact) mass is 352 g/mol. The summed E-state index contributed by atoms with van der Waals surface area (Å²) in [6.45, 7) is 1.22. The van der Waals surface area contributed by atoms with Crippen LogP contribution in [0.5, 0.6) is 5.75 Å². The van der Waals surface area contributed by atoms with Crippen LogP contribution in [-0.2, 0) is 4.79 Å². The average molecular weight is 352 g/mol. The van der Waals surface area contributed by atoms with Gasteiger partial charge in [0, 0.05) is 6.54 Å². The first-order valence-corrected chi connectivity index (χ1v) is 9.46. The number of likely N-dealkylation sites (tertiary alicyclic amines) is 1. The summed E-state index contributed by atoms with van der Waals surface area (Å²) in [6.07, 6.45) is 2.42. The first-order chi connectivity index (χ1) is 12.3. The lowest BCUT2D eigenvalue weighted by molar-refractivity contribution is -0.132. The molecule has 4 nitrogen and oxygen atoms in total. The van der Waals surface area contributed by atoms with Crippen molar-refractivity contribution in [3.05, 3.63) is 59.6 Å². The Hall–Kier alpha value is -2.40. The van der Waals surface area contributed by atoms with E-state index in [2.05, 4.69) is 6.07 Å². The number of ether oxygens (including phenoxy) is 1.